The molecule has 0 aromatic heterocycles. The van der Waals surface area contributed by atoms with Gasteiger partial charge in [0, 0.05) is 7.05 Å². The monoisotopic (exact) mass is 207 g/mol. The molecule has 1 rings (SSSR count). The number of hydrogen-bond acceptors (Lipinski definition) is 4. The molecule has 0 atom stereocenters. The lowest BCUT2D eigenvalue weighted by Crippen LogP contribution is -2.14. The van der Waals surface area contributed by atoms with Crippen LogP contribution in [0.25, 0.3) is 0 Å². The second-order valence-electron chi connectivity index (χ2n) is 2.75. The van der Waals surface area contributed by atoms with E-state index in [1.165, 1.54) is 6.34 Å². The van der Waals surface area contributed by atoms with Crippen LogP contribution >= 0.6 is 0 Å². The zero-order valence-corrected chi connectivity index (χ0v) is 8.68. The standard InChI is InChI=1S/C10H13N3O2/c1-13(12-7-11-8-14)9-3-5-10(15-2)6-4-9/h3-8H,1-2H3,(H,11,12,14). The van der Waals surface area contributed by atoms with Crippen molar-refractivity contribution in [3.8, 4) is 5.75 Å². The molecule has 0 unspecified atom stereocenters. The van der Waals surface area contributed by atoms with Crippen LogP contribution in [0.4, 0.5) is 5.69 Å². The van der Waals surface area contributed by atoms with E-state index in [0.29, 0.717) is 6.41 Å². The molecule has 0 radical (unpaired) electrons. The van der Waals surface area contributed by atoms with Crippen LogP contribution in [-0.4, -0.2) is 26.9 Å². The molecule has 1 aromatic rings. The Hall–Kier alpha value is -2.04. The fourth-order valence-electron chi connectivity index (χ4n) is 1.01. The summed E-state index contributed by atoms with van der Waals surface area (Å²) in [6, 6.07) is 7.43. The molecule has 0 saturated heterocycles. The number of benzene rings is 1. The van der Waals surface area contributed by atoms with E-state index >= 15 is 0 Å². The van der Waals surface area contributed by atoms with Crippen molar-refractivity contribution in [1.82, 2.24) is 5.32 Å². The van der Waals surface area contributed by atoms with Crippen molar-refractivity contribution in [3.05, 3.63) is 24.3 Å². The molecule has 1 aromatic carbocycles. The maximum Gasteiger partial charge on any atom is 0.212 e. The maximum atomic E-state index is 9.97. The van der Waals surface area contributed by atoms with Gasteiger partial charge in [0.05, 0.1) is 12.8 Å². The minimum atomic E-state index is 0.561. The Kier molecular flexibility index (Phi) is 4.15. The molecule has 1 amide bonds. The van der Waals surface area contributed by atoms with Crippen LogP contribution in [0.3, 0.4) is 0 Å². The zero-order valence-electron chi connectivity index (χ0n) is 8.68. The quantitative estimate of drug-likeness (QED) is 0.336. The highest BCUT2D eigenvalue weighted by atomic mass is 16.5. The SMILES string of the molecule is COc1ccc(N(C)/N=C\NC=O)cc1. The van der Waals surface area contributed by atoms with E-state index in [4.69, 9.17) is 4.74 Å². The smallest absolute Gasteiger partial charge is 0.212 e. The lowest BCUT2D eigenvalue weighted by atomic mass is 10.3. The third-order valence-electron chi connectivity index (χ3n) is 1.82. The Morgan fingerprint density at radius 3 is 2.60 bits per heavy atom. The van der Waals surface area contributed by atoms with Crippen LogP contribution in [0.5, 0.6) is 5.75 Å². The largest absolute Gasteiger partial charge is 0.497 e. The summed E-state index contributed by atoms with van der Waals surface area (Å²) in [5.74, 6) is 0.794. The third-order valence-corrected chi connectivity index (χ3v) is 1.82. The molecule has 5 nitrogen and oxygen atoms in total. The summed E-state index contributed by atoms with van der Waals surface area (Å²) in [5.41, 5.74) is 0.903. The van der Waals surface area contributed by atoms with E-state index in [-0.39, 0.29) is 0 Å². The Balaban J connectivity index is 2.65. The van der Waals surface area contributed by atoms with Crippen LogP contribution in [0.15, 0.2) is 29.4 Å². The highest BCUT2D eigenvalue weighted by Gasteiger charge is 1.97. The first kappa shape index (κ1) is 11.0. The summed E-state index contributed by atoms with van der Waals surface area (Å²) in [6.45, 7) is 0. The molecular weight excluding hydrogens is 194 g/mol. The molecule has 15 heavy (non-hydrogen) atoms. The summed E-state index contributed by atoms with van der Waals surface area (Å²) in [5, 5.41) is 7.93. The van der Waals surface area contributed by atoms with Gasteiger partial charge in [-0.2, -0.15) is 5.10 Å². The van der Waals surface area contributed by atoms with Gasteiger partial charge in [0.25, 0.3) is 0 Å². The number of nitrogens with zero attached hydrogens (tertiary/aromatic N) is 2. The minimum Gasteiger partial charge on any atom is -0.497 e. The van der Waals surface area contributed by atoms with Gasteiger partial charge < -0.3 is 10.1 Å². The van der Waals surface area contributed by atoms with E-state index in [2.05, 4.69) is 10.4 Å². The number of methoxy groups -OCH3 is 1. The Bertz CT molecular complexity index is 335. The van der Waals surface area contributed by atoms with Gasteiger partial charge in [-0.05, 0) is 24.3 Å². The number of rotatable bonds is 5. The topological polar surface area (TPSA) is 53.9 Å². The first-order chi connectivity index (χ1) is 7.27. The molecular formula is C10H13N3O2. The maximum absolute atomic E-state index is 9.97. The van der Waals surface area contributed by atoms with Gasteiger partial charge in [-0.15, -0.1) is 0 Å². The molecule has 0 spiro atoms. The highest BCUT2D eigenvalue weighted by molar-refractivity contribution is 5.72. The van der Waals surface area contributed by atoms with Crippen LogP contribution in [0, 0.1) is 0 Å². The van der Waals surface area contributed by atoms with Crippen molar-refractivity contribution in [1.29, 1.82) is 0 Å². The zero-order chi connectivity index (χ0) is 11.1. The Labute approximate surface area is 88.3 Å². The first-order valence-corrected chi connectivity index (χ1v) is 4.38. The molecule has 5 heteroatoms. The number of amides is 1. The molecule has 1 N–H and O–H groups in total. The molecule has 0 heterocycles. The predicted molar refractivity (Wildman–Crippen MR) is 59.1 cm³/mol. The second kappa shape index (κ2) is 5.64. The minimum absolute atomic E-state index is 0.561. The van der Waals surface area contributed by atoms with Crippen molar-refractivity contribution in [2.24, 2.45) is 5.10 Å². The van der Waals surface area contributed by atoms with Crippen molar-refractivity contribution in [2.75, 3.05) is 19.2 Å². The van der Waals surface area contributed by atoms with Crippen LogP contribution in [0.1, 0.15) is 0 Å². The Morgan fingerprint density at radius 2 is 2.07 bits per heavy atom. The van der Waals surface area contributed by atoms with Crippen molar-refractivity contribution < 1.29 is 9.53 Å². The summed E-state index contributed by atoms with van der Waals surface area (Å²) in [6.07, 6.45) is 1.88. The molecule has 0 aliphatic rings. The number of hydrazone groups is 1. The van der Waals surface area contributed by atoms with Gasteiger partial charge in [-0.25, -0.2) is 0 Å². The van der Waals surface area contributed by atoms with E-state index in [0.717, 1.165) is 11.4 Å². The number of ether oxygens (including phenoxy) is 1. The van der Waals surface area contributed by atoms with Gasteiger partial charge in [0.15, 0.2) is 0 Å². The number of carbonyl (C=O) groups is 1. The lowest BCUT2D eigenvalue weighted by Gasteiger charge is -2.12. The summed E-state index contributed by atoms with van der Waals surface area (Å²) in [4.78, 5) is 9.97. The molecule has 0 aliphatic heterocycles. The average Bonchev–Trinajstić information content (AvgIpc) is 2.29. The summed E-state index contributed by atoms with van der Waals surface area (Å²) >= 11 is 0. The normalized spacial score (nSPS) is 10.0. The van der Waals surface area contributed by atoms with E-state index in [1.807, 2.05) is 24.3 Å². The van der Waals surface area contributed by atoms with Crippen LogP contribution in [0.2, 0.25) is 0 Å². The van der Waals surface area contributed by atoms with Gasteiger partial charge in [0.1, 0.15) is 12.1 Å². The summed E-state index contributed by atoms with van der Waals surface area (Å²) in [7, 11) is 3.40. The number of nitrogens with one attached hydrogen (secondary N) is 1. The molecule has 0 aliphatic carbocycles. The molecule has 0 saturated carbocycles. The molecule has 80 valence electrons. The Morgan fingerprint density at radius 1 is 1.40 bits per heavy atom. The average molecular weight is 207 g/mol. The number of hydrogen-bond donors (Lipinski definition) is 1. The van der Waals surface area contributed by atoms with Gasteiger partial charge in [0.2, 0.25) is 6.41 Å². The fraction of sp³-hybridized carbons (Fsp3) is 0.200. The highest BCUT2D eigenvalue weighted by Crippen LogP contribution is 2.17. The predicted octanol–water partition coefficient (Wildman–Crippen LogP) is 0.821. The van der Waals surface area contributed by atoms with Crippen molar-refractivity contribution in [2.45, 2.75) is 0 Å². The molecule has 0 fully saturated rings. The summed E-state index contributed by atoms with van der Waals surface area (Å²) < 4.78 is 5.03. The van der Waals surface area contributed by atoms with Crippen LogP contribution in [-0.2, 0) is 4.79 Å². The fourth-order valence-corrected chi connectivity index (χ4v) is 1.01. The number of anilines is 1. The van der Waals surface area contributed by atoms with Gasteiger partial charge in [-0.1, -0.05) is 0 Å². The first-order valence-electron chi connectivity index (χ1n) is 4.38. The number of carbonyl (C=O) groups excluding carboxylic acids is 1. The van der Waals surface area contributed by atoms with Gasteiger partial charge >= 0.3 is 0 Å². The van der Waals surface area contributed by atoms with E-state index in [9.17, 15) is 4.79 Å². The lowest BCUT2D eigenvalue weighted by molar-refractivity contribution is -0.108. The van der Waals surface area contributed by atoms with E-state index < -0.39 is 0 Å². The van der Waals surface area contributed by atoms with E-state index in [1.54, 1.807) is 19.2 Å². The van der Waals surface area contributed by atoms with Crippen molar-refractivity contribution >= 4 is 18.4 Å². The van der Waals surface area contributed by atoms with Gasteiger partial charge in [-0.3, -0.25) is 9.80 Å². The van der Waals surface area contributed by atoms with Crippen LogP contribution < -0.4 is 15.1 Å². The molecule has 0 bridgehead atoms. The second-order valence-corrected chi connectivity index (χ2v) is 2.75. The van der Waals surface area contributed by atoms with Crippen molar-refractivity contribution in [3.63, 3.8) is 0 Å². The third kappa shape index (κ3) is 3.30.